The van der Waals surface area contributed by atoms with Crippen LogP contribution in [-0.2, 0) is 11.3 Å². The second kappa shape index (κ2) is 9.39. The summed E-state index contributed by atoms with van der Waals surface area (Å²) < 4.78 is 7.15. The van der Waals surface area contributed by atoms with Crippen LogP contribution in [0.4, 0.5) is 17.2 Å². The fraction of sp³-hybridized carbons (Fsp3) is 0.167. The Balaban J connectivity index is 1.75. The van der Waals surface area contributed by atoms with Gasteiger partial charge in [-0.05, 0) is 36.4 Å². The molecule has 2 aromatic carbocycles. The summed E-state index contributed by atoms with van der Waals surface area (Å²) in [5.41, 5.74) is 9.92. The molecule has 0 bridgehead atoms. The van der Waals surface area contributed by atoms with Gasteiger partial charge in [0.2, 0.25) is 5.91 Å². The Morgan fingerprint density at radius 2 is 2.03 bits per heavy atom. The Kier molecular flexibility index (Phi) is 6.21. The van der Waals surface area contributed by atoms with Crippen LogP contribution < -0.4 is 20.7 Å². The number of nitrogens with zero attached hydrogens (tertiary/aromatic N) is 5. The van der Waals surface area contributed by atoms with E-state index in [9.17, 15) is 4.79 Å². The molecule has 33 heavy (non-hydrogen) atoms. The molecule has 3 N–H and O–H groups in total. The lowest BCUT2D eigenvalue weighted by atomic mass is 10.1. The van der Waals surface area contributed by atoms with Crippen LogP contribution in [0, 0.1) is 0 Å². The van der Waals surface area contributed by atoms with Crippen LogP contribution in [0.15, 0.2) is 67.5 Å². The number of fused-ring (bicyclic) bond motifs is 1. The number of nitrogens with one attached hydrogen (secondary N) is 1. The molecule has 0 aliphatic carbocycles. The zero-order valence-electron chi connectivity index (χ0n) is 18.5. The molecule has 2 aromatic heterocycles. The molecule has 0 atom stereocenters. The van der Waals surface area contributed by atoms with Gasteiger partial charge >= 0.3 is 0 Å². The third-order valence-corrected chi connectivity index (χ3v) is 5.34. The number of amides is 1. The van der Waals surface area contributed by atoms with Crippen LogP contribution in [0.5, 0.6) is 5.75 Å². The zero-order valence-corrected chi connectivity index (χ0v) is 18.5. The molecular formula is C24H25N7O2. The molecule has 9 nitrogen and oxygen atoms in total. The molecule has 0 fully saturated rings. The maximum Gasteiger partial charge on any atom is 0.250 e. The highest BCUT2D eigenvalue weighted by molar-refractivity contribution is 6.01. The van der Waals surface area contributed by atoms with Gasteiger partial charge in [-0.2, -0.15) is 5.10 Å². The highest BCUT2D eigenvalue weighted by atomic mass is 16.5. The molecule has 1 amide bonds. The number of nitrogen functional groups attached to an aromatic ring is 1. The third kappa shape index (κ3) is 4.20. The topological polar surface area (TPSA) is 111 Å². The van der Waals surface area contributed by atoms with E-state index in [-0.39, 0.29) is 5.91 Å². The number of hydrogen-bond donors (Lipinski definition) is 2. The van der Waals surface area contributed by atoms with Gasteiger partial charge in [-0.15, -0.1) is 0 Å². The number of ether oxygens (including phenoxy) is 1. The van der Waals surface area contributed by atoms with Crippen LogP contribution in [0.25, 0.3) is 22.3 Å². The van der Waals surface area contributed by atoms with Gasteiger partial charge in [0.15, 0.2) is 5.65 Å². The highest BCUT2D eigenvalue weighted by Crippen LogP contribution is 2.34. The lowest BCUT2D eigenvalue weighted by Gasteiger charge is -2.21. The molecule has 168 valence electrons. The van der Waals surface area contributed by atoms with Crippen molar-refractivity contribution < 1.29 is 9.53 Å². The van der Waals surface area contributed by atoms with Gasteiger partial charge in [-0.25, -0.2) is 14.6 Å². The molecule has 9 heteroatoms. The van der Waals surface area contributed by atoms with E-state index < -0.39 is 0 Å². The van der Waals surface area contributed by atoms with Crippen LogP contribution in [0.3, 0.4) is 0 Å². The number of para-hydroxylation sites is 1. The van der Waals surface area contributed by atoms with E-state index in [0.29, 0.717) is 35.6 Å². The summed E-state index contributed by atoms with van der Waals surface area (Å²) in [5, 5.41) is 8.59. The Morgan fingerprint density at radius 1 is 1.24 bits per heavy atom. The maximum atomic E-state index is 12.5. The van der Waals surface area contributed by atoms with Gasteiger partial charge in [0.05, 0.1) is 24.7 Å². The fourth-order valence-corrected chi connectivity index (χ4v) is 3.72. The molecule has 0 aliphatic heterocycles. The first-order chi connectivity index (χ1) is 16.1. The minimum atomic E-state index is -0.194. The largest absolute Gasteiger partial charge is 0.495 e. The van der Waals surface area contributed by atoms with E-state index >= 15 is 0 Å². The van der Waals surface area contributed by atoms with E-state index in [1.54, 1.807) is 16.7 Å². The van der Waals surface area contributed by atoms with Gasteiger partial charge in [0.1, 0.15) is 23.6 Å². The minimum Gasteiger partial charge on any atom is -0.495 e. The summed E-state index contributed by atoms with van der Waals surface area (Å²) >= 11 is 0. The first kappa shape index (κ1) is 21.8. The highest BCUT2D eigenvalue weighted by Gasteiger charge is 2.20. The average molecular weight is 444 g/mol. The van der Waals surface area contributed by atoms with Gasteiger partial charge in [0, 0.05) is 24.8 Å². The van der Waals surface area contributed by atoms with Crippen molar-refractivity contribution in [1.82, 2.24) is 19.7 Å². The number of nitrogens with two attached hydrogens (primary N) is 1. The third-order valence-electron chi connectivity index (χ3n) is 5.34. The summed E-state index contributed by atoms with van der Waals surface area (Å²) in [6, 6.07) is 15.2. The molecule has 0 unspecified atom stereocenters. The number of anilines is 3. The van der Waals surface area contributed by atoms with E-state index in [2.05, 4.69) is 21.9 Å². The van der Waals surface area contributed by atoms with Crippen LogP contribution in [-0.4, -0.2) is 46.4 Å². The number of aromatic nitrogens is 4. The summed E-state index contributed by atoms with van der Waals surface area (Å²) in [4.78, 5) is 22.8. The second-order valence-electron chi connectivity index (χ2n) is 7.22. The molecule has 0 saturated carbocycles. The van der Waals surface area contributed by atoms with E-state index in [4.69, 9.17) is 15.6 Å². The van der Waals surface area contributed by atoms with Crippen molar-refractivity contribution in [3.05, 3.63) is 67.5 Å². The number of carbonyl (C=O) groups is 1. The summed E-state index contributed by atoms with van der Waals surface area (Å²) in [5.74, 6) is 0.863. The minimum absolute atomic E-state index is 0.194. The Labute approximate surface area is 191 Å². The molecule has 2 heterocycles. The second-order valence-corrected chi connectivity index (χ2v) is 7.22. The molecule has 0 spiro atoms. The van der Waals surface area contributed by atoms with Gasteiger partial charge < -0.3 is 20.7 Å². The molecule has 0 radical (unpaired) electrons. The van der Waals surface area contributed by atoms with Gasteiger partial charge in [0.25, 0.3) is 0 Å². The molecular weight excluding hydrogens is 418 g/mol. The SMILES string of the molecule is C=CC(=O)N(CCn1nc(-c2ccc(OC)c(NC)c2)c2c(N)ncnc21)c1ccccc1. The molecule has 0 aliphatic rings. The lowest BCUT2D eigenvalue weighted by Crippen LogP contribution is -2.32. The van der Waals surface area contributed by atoms with Crippen LogP contribution in [0.2, 0.25) is 0 Å². The standard InChI is InChI=1S/C24H25N7O2/c1-4-20(32)30(17-8-6-5-7-9-17)12-13-31-24-21(23(25)27-15-28-24)22(29-31)16-10-11-19(33-3)18(14-16)26-2/h4-11,14-15,26H,1,12-13H2,2-3H3,(H2,25,27,28). The Bertz CT molecular complexity index is 1300. The summed E-state index contributed by atoms with van der Waals surface area (Å²) in [6.45, 7) is 4.40. The number of hydrogen-bond acceptors (Lipinski definition) is 7. The lowest BCUT2D eigenvalue weighted by molar-refractivity contribution is -0.114. The van der Waals surface area contributed by atoms with Gasteiger partial charge in [-0.1, -0.05) is 24.8 Å². The first-order valence-electron chi connectivity index (χ1n) is 10.4. The van der Waals surface area contributed by atoms with Crippen molar-refractivity contribution in [2.45, 2.75) is 6.54 Å². The smallest absolute Gasteiger partial charge is 0.250 e. The van der Waals surface area contributed by atoms with Crippen molar-refractivity contribution in [2.24, 2.45) is 0 Å². The van der Waals surface area contributed by atoms with Crippen molar-refractivity contribution >= 4 is 34.1 Å². The number of rotatable bonds is 8. The Hall–Kier alpha value is -4.40. The monoisotopic (exact) mass is 443 g/mol. The predicted octanol–water partition coefficient (Wildman–Crippen LogP) is 3.35. The van der Waals surface area contributed by atoms with Crippen LogP contribution in [0.1, 0.15) is 0 Å². The number of benzene rings is 2. The fourth-order valence-electron chi connectivity index (χ4n) is 3.72. The van der Waals surface area contributed by atoms with Crippen molar-refractivity contribution in [3.8, 4) is 17.0 Å². The van der Waals surface area contributed by atoms with Crippen molar-refractivity contribution in [2.75, 3.05) is 36.7 Å². The van der Waals surface area contributed by atoms with E-state index in [0.717, 1.165) is 22.7 Å². The number of carbonyl (C=O) groups excluding carboxylic acids is 1. The molecule has 4 rings (SSSR count). The average Bonchev–Trinajstić information content (AvgIpc) is 3.24. The predicted molar refractivity (Wildman–Crippen MR) is 130 cm³/mol. The zero-order chi connectivity index (χ0) is 23.4. The normalized spacial score (nSPS) is 10.7. The van der Waals surface area contributed by atoms with Crippen molar-refractivity contribution in [1.29, 1.82) is 0 Å². The molecule has 0 saturated heterocycles. The summed E-state index contributed by atoms with van der Waals surface area (Å²) in [6.07, 6.45) is 2.72. The van der Waals surface area contributed by atoms with E-state index in [1.165, 1.54) is 12.4 Å². The van der Waals surface area contributed by atoms with Crippen molar-refractivity contribution in [3.63, 3.8) is 0 Å². The van der Waals surface area contributed by atoms with E-state index in [1.807, 2.05) is 55.6 Å². The molecule has 4 aromatic rings. The Morgan fingerprint density at radius 3 is 2.73 bits per heavy atom. The van der Waals surface area contributed by atoms with Gasteiger partial charge in [-0.3, -0.25) is 4.79 Å². The maximum absolute atomic E-state index is 12.5. The first-order valence-corrected chi connectivity index (χ1v) is 10.4. The summed E-state index contributed by atoms with van der Waals surface area (Å²) in [7, 11) is 3.44. The van der Waals surface area contributed by atoms with Crippen LogP contribution >= 0.6 is 0 Å². The quantitative estimate of drug-likeness (QED) is 0.402. The number of methoxy groups -OCH3 is 1.